The Morgan fingerprint density at radius 2 is 2.18 bits per heavy atom. The molecule has 0 radical (unpaired) electrons. The third kappa shape index (κ3) is 1.05. The molecule has 2 amide bonds. The lowest BCUT2D eigenvalue weighted by Gasteiger charge is -2.31. The second kappa shape index (κ2) is 2.82. The molecule has 88 valence electrons. The highest BCUT2D eigenvalue weighted by Crippen LogP contribution is 2.38. The molecule has 0 spiro atoms. The maximum atomic E-state index is 11.9. The number of fused-ring (bicyclic) bond motifs is 5. The van der Waals surface area contributed by atoms with Crippen LogP contribution in [0.2, 0.25) is 0 Å². The third-order valence-electron chi connectivity index (χ3n) is 3.89. The van der Waals surface area contributed by atoms with Crippen LogP contribution >= 0.6 is 0 Å². The van der Waals surface area contributed by atoms with E-state index in [-0.39, 0.29) is 36.2 Å². The topological polar surface area (TPSA) is 72.4 Å². The zero-order chi connectivity index (χ0) is 11.6. The highest BCUT2D eigenvalue weighted by molar-refractivity contribution is 5.94. The largest absolute Gasteiger partial charge is 0.444 e. The minimum Gasteiger partial charge on any atom is -0.444 e. The fraction of sp³-hybridized carbons (Fsp3) is 0.455. The quantitative estimate of drug-likeness (QED) is 0.663. The Morgan fingerprint density at radius 1 is 1.29 bits per heavy atom. The highest BCUT2D eigenvalue weighted by atomic mass is 16.6. The van der Waals surface area contributed by atoms with Crippen LogP contribution in [0.4, 0.5) is 4.79 Å². The van der Waals surface area contributed by atoms with Crippen LogP contribution in [0.1, 0.15) is 23.0 Å². The van der Waals surface area contributed by atoms with Crippen molar-refractivity contribution in [2.45, 2.75) is 30.7 Å². The average molecular weight is 233 g/mol. The van der Waals surface area contributed by atoms with E-state index in [1.165, 1.54) is 0 Å². The summed E-state index contributed by atoms with van der Waals surface area (Å²) in [6.07, 6.45) is 2.14. The maximum Gasteiger partial charge on any atom is 0.407 e. The molecule has 3 heterocycles. The van der Waals surface area contributed by atoms with Gasteiger partial charge in [-0.15, -0.1) is 0 Å². The molecule has 4 rings (SSSR count). The lowest BCUT2D eigenvalue weighted by molar-refractivity contribution is 0.0881. The van der Waals surface area contributed by atoms with Crippen LogP contribution in [0.15, 0.2) is 18.3 Å². The van der Waals surface area contributed by atoms with Crippen molar-refractivity contribution in [3.8, 4) is 0 Å². The summed E-state index contributed by atoms with van der Waals surface area (Å²) in [6, 6.07) is 3.67. The lowest BCUT2D eigenvalue weighted by atomic mass is 10.1. The number of hydrogen-bond acceptors (Lipinski definition) is 3. The fourth-order valence-corrected chi connectivity index (χ4v) is 3.19. The van der Waals surface area contributed by atoms with E-state index in [0.717, 1.165) is 6.42 Å². The summed E-state index contributed by atoms with van der Waals surface area (Å²) in [4.78, 5) is 23.0. The second-order valence-corrected chi connectivity index (χ2v) is 4.72. The Hall–Kier alpha value is -1.98. The minimum absolute atomic E-state index is 0.0705. The van der Waals surface area contributed by atoms with Crippen LogP contribution in [0, 0.1) is 0 Å². The van der Waals surface area contributed by atoms with Gasteiger partial charge in [0, 0.05) is 12.6 Å². The Labute approximate surface area is 96.9 Å². The van der Waals surface area contributed by atoms with Crippen LogP contribution in [0.3, 0.4) is 0 Å². The Bertz CT molecular complexity index is 524. The standard InChI is InChI=1S/C11H11N3O3/c15-10-5-2-1-3-14(5)6-4-7-9(8(6)12-10)13-11(16)17-7/h1-3,6-9H,4H2,(H,12,15)(H,13,16). The zero-order valence-corrected chi connectivity index (χ0v) is 8.92. The molecule has 1 saturated carbocycles. The molecule has 0 bridgehead atoms. The summed E-state index contributed by atoms with van der Waals surface area (Å²) in [5.74, 6) is -0.0851. The number of aromatic nitrogens is 1. The molecule has 1 aromatic heterocycles. The van der Waals surface area contributed by atoms with Crippen molar-refractivity contribution >= 4 is 12.0 Å². The SMILES string of the molecule is O=C1NC2C(CC3C2NC(=O)c2cccn23)O1. The summed E-state index contributed by atoms with van der Waals surface area (Å²) < 4.78 is 7.17. The lowest BCUT2D eigenvalue weighted by Crippen LogP contribution is -2.53. The summed E-state index contributed by atoms with van der Waals surface area (Å²) in [6.45, 7) is 0. The first-order valence-corrected chi connectivity index (χ1v) is 5.69. The Balaban J connectivity index is 1.76. The number of hydrogen-bond donors (Lipinski definition) is 2. The van der Waals surface area contributed by atoms with Crippen molar-refractivity contribution in [1.82, 2.24) is 15.2 Å². The first-order valence-electron chi connectivity index (χ1n) is 5.69. The molecule has 4 unspecified atom stereocenters. The van der Waals surface area contributed by atoms with Crippen molar-refractivity contribution in [3.63, 3.8) is 0 Å². The van der Waals surface area contributed by atoms with Gasteiger partial charge in [0.25, 0.3) is 5.91 Å². The first kappa shape index (κ1) is 9.09. The molecular weight excluding hydrogens is 222 g/mol. The van der Waals surface area contributed by atoms with Crippen LogP contribution in [-0.2, 0) is 4.74 Å². The van der Waals surface area contributed by atoms with Crippen LogP contribution < -0.4 is 10.6 Å². The number of amides is 2. The van der Waals surface area contributed by atoms with Crippen molar-refractivity contribution in [1.29, 1.82) is 0 Å². The molecule has 2 aliphatic heterocycles. The van der Waals surface area contributed by atoms with Crippen molar-refractivity contribution < 1.29 is 14.3 Å². The van der Waals surface area contributed by atoms with E-state index in [4.69, 9.17) is 4.74 Å². The van der Waals surface area contributed by atoms with Gasteiger partial charge < -0.3 is 19.9 Å². The van der Waals surface area contributed by atoms with Gasteiger partial charge in [0.2, 0.25) is 0 Å². The molecule has 1 saturated heterocycles. The van der Waals surface area contributed by atoms with E-state index in [1.807, 2.05) is 16.8 Å². The molecular formula is C11H11N3O3. The smallest absolute Gasteiger partial charge is 0.407 e. The third-order valence-corrected chi connectivity index (χ3v) is 3.89. The van der Waals surface area contributed by atoms with E-state index in [1.54, 1.807) is 6.07 Å². The highest BCUT2D eigenvalue weighted by Gasteiger charge is 2.53. The van der Waals surface area contributed by atoms with Gasteiger partial charge in [-0.1, -0.05) is 0 Å². The van der Waals surface area contributed by atoms with Gasteiger partial charge >= 0.3 is 6.09 Å². The van der Waals surface area contributed by atoms with E-state index in [0.29, 0.717) is 5.69 Å². The monoisotopic (exact) mass is 233 g/mol. The van der Waals surface area contributed by atoms with Crippen molar-refractivity contribution in [2.75, 3.05) is 0 Å². The number of ether oxygens (including phenoxy) is 1. The van der Waals surface area contributed by atoms with Gasteiger partial charge in [-0.2, -0.15) is 0 Å². The number of nitrogens with zero attached hydrogens (tertiary/aromatic N) is 1. The van der Waals surface area contributed by atoms with Crippen LogP contribution in [-0.4, -0.2) is 34.8 Å². The minimum atomic E-state index is -0.383. The molecule has 6 heteroatoms. The normalized spacial score (nSPS) is 37.6. The number of carbonyl (C=O) groups is 2. The molecule has 0 aromatic carbocycles. The van der Waals surface area contributed by atoms with Crippen molar-refractivity contribution in [3.05, 3.63) is 24.0 Å². The number of rotatable bonds is 0. The average Bonchev–Trinajstić information content (AvgIpc) is 2.92. The summed E-state index contributed by atoms with van der Waals surface area (Å²) in [5, 5.41) is 5.73. The van der Waals surface area contributed by atoms with Gasteiger partial charge in [0.1, 0.15) is 11.8 Å². The molecule has 4 atom stereocenters. The Morgan fingerprint density at radius 3 is 3.06 bits per heavy atom. The summed E-state index contributed by atoms with van der Waals surface area (Å²) in [5.41, 5.74) is 0.678. The van der Waals surface area contributed by atoms with Crippen LogP contribution in [0.25, 0.3) is 0 Å². The summed E-state index contributed by atoms with van der Waals surface area (Å²) >= 11 is 0. The second-order valence-electron chi connectivity index (χ2n) is 4.72. The molecule has 6 nitrogen and oxygen atoms in total. The van der Waals surface area contributed by atoms with E-state index in [2.05, 4.69) is 10.6 Å². The van der Waals surface area contributed by atoms with Gasteiger partial charge in [0.05, 0.1) is 18.1 Å². The molecule has 17 heavy (non-hydrogen) atoms. The number of carbonyl (C=O) groups excluding carboxylic acids is 2. The molecule has 2 N–H and O–H groups in total. The van der Waals surface area contributed by atoms with E-state index < -0.39 is 0 Å². The first-order chi connectivity index (χ1) is 8.24. The van der Waals surface area contributed by atoms with E-state index >= 15 is 0 Å². The van der Waals surface area contributed by atoms with Gasteiger partial charge in [-0.3, -0.25) is 4.79 Å². The van der Waals surface area contributed by atoms with Gasteiger partial charge in [0.15, 0.2) is 0 Å². The molecule has 1 aromatic rings. The van der Waals surface area contributed by atoms with Crippen LogP contribution in [0.5, 0.6) is 0 Å². The predicted molar refractivity (Wildman–Crippen MR) is 56.5 cm³/mol. The molecule has 2 fully saturated rings. The van der Waals surface area contributed by atoms with Crippen molar-refractivity contribution in [2.24, 2.45) is 0 Å². The maximum absolute atomic E-state index is 11.9. The molecule has 3 aliphatic rings. The van der Waals surface area contributed by atoms with E-state index in [9.17, 15) is 9.59 Å². The van der Waals surface area contributed by atoms with Gasteiger partial charge in [-0.25, -0.2) is 4.79 Å². The fourth-order valence-electron chi connectivity index (χ4n) is 3.19. The zero-order valence-electron chi connectivity index (χ0n) is 8.92. The Kier molecular flexibility index (Phi) is 1.51. The van der Waals surface area contributed by atoms with Gasteiger partial charge in [-0.05, 0) is 12.1 Å². The predicted octanol–water partition coefficient (Wildman–Crippen LogP) is 0.0219. The molecule has 1 aliphatic carbocycles. The summed E-state index contributed by atoms with van der Waals surface area (Å²) in [7, 11) is 0. The number of nitrogens with one attached hydrogen (secondary N) is 2. The number of alkyl carbamates (subject to hydrolysis) is 1.